The summed E-state index contributed by atoms with van der Waals surface area (Å²) in [7, 11) is 0. The molecular formula is C22H26N4O. The van der Waals surface area contributed by atoms with Gasteiger partial charge in [0.15, 0.2) is 11.3 Å². The fourth-order valence-corrected chi connectivity index (χ4v) is 5.34. The number of aromatic nitrogens is 3. The van der Waals surface area contributed by atoms with Crippen LogP contribution < -0.4 is 5.32 Å². The SMILES string of the molecule is Cc1cc(C)c(C2(C(Nc3noc4cncnc34)C3CC3)CC2C)c(C)c1. The molecule has 2 heterocycles. The van der Waals surface area contributed by atoms with Gasteiger partial charge in [0.2, 0.25) is 5.58 Å². The molecule has 2 saturated carbocycles. The molecular weight excluding hydrogens is 336 g/mol. The van der Waals surface area contributed by atoms with Gasteiger partial charge in [-0.25, -0.2) is 9.97 Å². The minimum absolute atomic E-state index is 0.168. The van der Waals surface area contributed by atoms with Crippen molar-refractivity contribution >= 4 is 16.9 Å². The van der Waals surface area contributed by atoms with Crippen molar-refractivity contribution in [2.75, 3.05) is 5.32 Å². The van der Waals surface area contributed by atoms with Gasteiger partial charge in [0.1, 0.15) is 6.33 Å². The lowest BCUT2D eigenvalue weighted by atomic mass is 9.78. The highest BCUT2D eigenvalue weighted by Gasteiger charge is 2.62. The van der Waals surface area contributed by atoms with Gasteiger partial charge in [-0.15, -0.1) is 0 Å². The molecule has 5 nitrogen and oxygen atoms in total. The van der Waals surface area contributed by atoms with Gasteiger partial charge in [-0.2, -0.15) is 0 Å². The maximum Gasteiger partial charge on any atom is 0.205 e. The molecule has 3 unspecified atom stereocenters. The summed E-state index contributed by atoms with van der Waals surface area (Å²) in [6.45, 7) is 9.11. The molecule has 5 rings (SSSR count). The molecule has 2 aliphatic carbocycles. The van der Waals surface area contributed by atoms with Crippen LogP contribution in [-0.2, 0) is 5.41 Å². The quantitative estimate of drug-likeness (QED) is 0.712. The van der Waals surface area contributed by atoms with E-state index >= 15 is 0 Å². The summed E-state index contributed by atoms with van der Waals surface area (Å²) in [5, 5.41) is 8.05. The molecule has 0 saturated heterocycles. The Bertz CT molecular complexity index is 999. The van der Waals surface area contributed by atoms with Gasteiger partial charge in [-0.05, 0) is 68.6 Å². The van der Waals surface area contributed by atoms with Crippen LogP contribution in [-0.4, -0.2) is 21.2 Å². The van der Waals surface area contributed by atoms with E-state index in [0.717, 1.165) is 11.3 Å². The molecule has 0 amide bonds. The van der Waals surface area contributed by atoms with Gasteiger partial charge in [-0.3, -0.25) is 0 Å². The maximum atomic E-state index is 5.44. The van der Waals surface area contributed by atoms with Gasteiger partial charge in [0, 0.05) is 11.5 Å². The Labute approximate surface area is 159 Å². The van der Waals surface area contributed by atoms with E-state index in [1.165, 1.54) is 41.5 Å². The molecule has 1 N–H and O–H groups in total. The standard InChI is InChI=1S/C22H26N4O/c1-12-7-13(2)18(14(3)8-12)22(9-15(22)4)20(16-5-6-16)25-21-19-17(27-26-21)10-23-11-24-19/h7-8,10-11,15-16,20H,5-6,9H2,1-4H3,(H,25,26). The first kappa shape index (κ1) is 16.7. The summed E-state index contributed by atoms with van der Waals surface area (Å²) < 4.78 is 5.44. The highest BCUT2D eigenvalue weighted by atomic mass is 16.5. The van der Waals surface area contributed by atoms with Gasteiger partial charge >= 0.3 is 0 Å². The lowest BCUT2D eigenvalue weighted by molar-refractivity contribution is 0.440. The monoisotopic (exact) mass is 362 g/mol. The van der Waals surface area contributed by atoms with Crippen molar-refractivity contribution < 1.29 is 4.52 Å². The van der Waals surface area contributed by atoms with E-state index in [2.05, 4.69) is 60.3 Å². The third kappa shape index (κ3) is 2.55. The third-order valence-corrected chi connectivity index (χ3v) is 6.58. The molecule has 140 valence electrons. The zero-order valence-electron chi connectivity index (χ0n) is 16.4. The number of anilines is 1. The molecule has 3 aromatic rings. The maximum absolute atomic E-state index is 5.44. The van der Waals surface area contributed by atoms with Crippen LogP contribution in [0.4, 0.5) is 5.82 Å². The van der Waals surface area contributed by atoms with Crippen molar-refractivity contribution in [3.05, 3.63) is 46.9 Å². The number of nitrogens with zero attached hydrogens (tertiary/aromatic N) is 3. The second-order valence-corrected chi connectivity index (χ2v) is 8.65. The molecule has 2 aromatic heterocycles. The van der Waals surface area contributed by atoms with Gasteiger partial charge in [0.05, 0.1) is 6.20 Å². The first-order valence-corrected chi connectivity index (χ1v) is 9.91. The highest BCUT2D eigenvalue weighted by molar-refractivity contribution is 5.83. The van der Waals surface area contributed by atoms with E-state index < -0.39 is 0 Å². The Morgan fingerprint density at radius 3 is 2.52 bits per heavy atom. The number of fused-ring (bicyclic) bond motifs is 1. The highest BCUT2D eigenvalue weighted by Crippen LogP contribution is 2.62. The Balaban J connectivity index is 1.59. The molecule has 2 aliphatic rings. The Morgan fingerprint density at radius 1 is 1.19 bits per heavy atom. The Kier molecular flexibility index (Phi) is 3.58. The molecule has 0 radical (unpaired) electrons. The van der Waals surface area contributed by atoms with Crippen LogP contribution >= 0.6 is 0 Å². The first-order valence-electron chi connectivity index (χ1n) is 9.91. The fraction of sp³-hybridized carbons (Fsp3) is 0.500. The Hall–Kier alpha value is -2.43. The number of aryl methyl sites for hydroxylation is 3. The van der Waals surface area contributed by atoms with E-state index in [1.807, 2.05) is 0 Å². The molecule has 1 aromatic carbocycles. The van der Waals surface area contributed by atoms with Crippen LogP contribution in [0.5, 0.6) is 0 Å². The number of hydrogen-bond donors (Lipinski definition) is 1. The van der Waals surface area contributed by atoms with Crippen LogP contribution in [0.3, 0.4) is 0 Å². The molecule has 2 fully saturated rings. The lowest BCUT2D eigenvalue weighted by Gasteiger charge is -2.32. The Morgan fingerprint density at radius 2 is 1.89 bits per heavy atom. The third-order valence-electron chi connectivity index (χ3n) is 6.58. The average Bonchev–Trinajstić information content (AvgIpc) is 3.52. The summed E-state index contributed by atoms with van der Waals surface area (Å²) in [6.07, 6.45) is 7.01. The van der Waals surface area contributed by atoms with Crippen LogP contribution in [0.25, 0.3) is 11.1 Å². The van der Waals surface area contributed by atoms with Crippen molar-refractivity contribution in [3.63, 3.8) is 0 Å². The number of nitrogens with one attached hydrogen (secondary N) is 1. The van der Waals surface area contributed by atoms with Crippen molar-refractivity contribution in [2.24, 2.45) is 11.8 Å². The molecule has 27 heavy (non-hydrogen) atoms. The molecule has 0 aliphatic heterocycles. The molecule has 0 bridgehead atoms. The van der Waals surface area contributed by atoms with E-state index in [0.29, 0.717) is 23.5 Å². The van der Waals surface area contributed by atoms with Gasteiger partial charge in [-0.1, -0.05) is 29.8 Å². The van der Waals surface area contributed by atoms with Crippen molar-refractivity contribution in [2.45, 2.75) is 58.4 Å². The minimum Gasteiger partial charge on any atom is -0.362 e. The van der Waals surface area contributed by atoms with E-state index in [-0.39, 0.29) is 5.41 Å². The summed E-state index contributed by atoms with van der Waals surface area (Å²) in [5.74, 6) is 2.09. The van der Waals surface area contributed by atoms with Crippen LogP contribution in [0, 0.1) is 32.6 Å². The lowest BCUT2D eigenvalue weighted by Crippen LogP contribution is -2.38. The van der Waals surface area contributed by atoms with Crippen molar-refractivity contribution in [1.29, 1.82) is 0 Å². The van der Waals surface area contributed by atoms with E-state index in [9.17, 15) is 0 Å². The topological polar surface area (TPSA) is 63.8 Å². The summed E-state index contributed by atoms with van der Waals surface area (Å²) in [5.41, 5.74) is 7.28. The van der Waals surface area contributed by atoms with Gasteiger partial charge in [0.25, 0.3) is 0 Å². The molecule has 3 atom stereocenters. The molecule has 0 spiro atoms. The van der Waals surface area contributed by atoms with Crippen molar-refractivity contribution in [3.8, 4) is 0 Å². The second kappa shape index (κ2) is 5.78. The van der Waals surface area contributed by atoms with E-state index in [4.69, 9.17) is 4.52 Å². The summed E-state index contributed by atoms with van der Waals surface area (Å²) in [6, 6.07) is 5.02. The second-order valence-electron chi connectivity index (χ2n) is 8.65. The smallest absolute Gasteiger partial charge is 0.205 e. The number of benzene rings is 1. The van der Waals surface area contributed by atoms with Crippen LogP contribution in [0.15, 0.2) is 29.2 Å². The van der Waals surface area contributed by atoms with Crippen LogP contribution in [0.1, 0.15) is 48.4 Å². The molecule has 5 heteroatoms. The fourth-order valence-electron chi connectivity index (χ4n) is 5.34. The van der Waals surface area contributed by atoms with Crippen molar-refractivity contribution in [1.82, 2.24) is 15.1 Å². The van der Waals surface area contributed by atoms with Gasteiger partial charge < -0.3 is 9.84 Å². The summed E-state index contributed by atoms with van der Waals surface area (Å²) >= 11 is 0. The zero-order valence-corrected chi connectivity index (χ0v) is 16.4. The van der Waals surface area contributed by atoms with Crippen LogP contribution in [0.2, 0.25) is 0 Å². The first-order chi connectivity index (χ1) is 13.0. The number of rotatable bonds is 5. The predicted octanol–water partition coefficient (Wildman–Crippen LogP) is 4.71. The predicted molar refractivity (Wildman–Crippen MR) is 106 cm³/mol. The van der Waals surface area contributed by atoms with E-state index in [1.54, 1.807) is 12.5 Å². The largest absolute Gasteiger partial charge is 0.362 e. The zero-order chi connectivity index (χ0) is 18.8. The average molecular weight is 362 g/mol. The normalized spacial score (nSPS) is 25.6. The number of hydrogen-bond acceptors (Lipinski definition) is 5. The summed E-state index contributed by atoms with van der Waals surface area (Å²) in [4.78, 5) is 8.42. The minimum atomic E-state index is 0.168.